The Hall–Kier alpha value is -0.440. The average Bonchev–Trinajstić information content (AvgIpc) is 2.37. The molecule has 0 fully saturated rings. The summed E-state index contributed by atoms with van der Waals surface area (Å²) in [6.07, 6.45) is 9.32. The highest BCUT2D eigenvalue weighted by Crippen LogP contribution is 2.17. The first-order valence-electron chi connectivity index (χ1n) is 7.77. The van der Waals surface area contributed by atoms with Crippen LogP contribution in [0, 0.1) is 0 Å². The molecule has 0 aliphatic heterocycles. The Morgan fingerprint density at radius 1 is 0.864 bits per heavy atom. The maximum atomic E-state index is 11.1. The van der Waals surface area contributed by atoms with E-state index < -0.39 is 25.5 Å². The van der Waals surface area contributed by atoms with E-state index in [4.69, 9.17) is 9.11 Å². The van der Waals surface area contributed by atoms with E-state index in [0.717, 1.165) is 50.4 Å². The van der Waals surface area contributed by atoms with Crippen molar-refractivity contribution in [2.45, 2.75) is 76.4 Å². The molecule has 0 radical (unpaired) electrons. The van der Waals surface area contributed by atoms with E-state index in [9.17, 15) is 16.8 Å². The molecular formula is C14H28O6S2. The number of hydrogen-bond acceptors (Lipinski definition) is 4. The molecule has 0 heterocycles. The van der Waals surface area contributed by atoms with Gasteiger partial charge in [0.1, 0.15) is 0 Å². The fraction of sp³-hybridized carbons (Fsp3) is 0.857. The summed E-state index contributed by atoms with van der Waals surface area (Å²) >= 11 is 0. The molecule has 0 aliphatic rings. The molecule has 1 unspecified atom stereocenters. The Kier molecular flexibility index (Phi) is 10.9. The molecule has 0 aliphatic carbocycles. The zero-order chi connectivity index (χ0) is 17.1. The predicted octanol–water partition coefficient (Wildman–Crippen LogP) is 3.57. The molecule has 0 aromatic rings. The first-order valence-corrected chi connectivity index (χ1v) is 10.8. The van der Waals surface area contributed by atoms with Crippen molar-refractivity contribution in [2.24, 2.45) is 0 Å². The van der Waals surface area contributed by atoms with E-state index in [-0.39, 0.29) is 0 Å². The highest BCUT2D eigenvalue weighted by Gasteiger charge is 2.20. The molecule has 2 N–H and O–H groups in total. The maximum absolute atomic E-state index is 11.1. The highest BCUT2D eigenvalue weighted by atomic mass is 32.2. The average molecular weight is 357 g/mol. The van der Waals surface area contributed by atoms with Crippen molar-refractivity contribution in [3.05, 3.63) is 11.5 Å². The van der Waals surface area contributed by atoms with Gasteiger partial charge < -0.3 is 0 Å². The molecular weight excluding hydrogens is 328 g/mol. The molecule has 1 atom stereocenters. The summed E-state index contributed by atoms with van der Waals surface area (Å²) in [5, 5.41) is 0.166. The van der Waals surface area contributed by atoms with E-state index in [0.29, 0.717) is 19.3 Å². The van der Waals surface area contributed by atoms with Crippen LogP contribution in [0.2, 0.25) is 0 Å². The van der Waals surface area contributed by atoms with Crippen LogP contribution in [0.25, 0.3) is 0 Å². The van der Waals surface area contributed by atoms with Gasteiger partial charge in [0.15, 0.2) is 0 Å². The van der Waals surface area contributed by atoms with E-state index in [1.807, 2.05) is 6.92 Å². The van der Waals surface area contributed by atoms with Crippen LogP contribution in [-0.4, -0.2) is 31.2 Å². The van der Waals surface area contributed by atoms with Crippen molar-refractivity contribution in [1.82, 2.24) is 0 Å². The Balaban J connectivity index is 3.63. The smallest absolute Gasteiger partial charge is 0.285 e. The van der Waals surface area contributed by atoms with Gasteiger partial charge in [0.25, 0.3) is 20.2 Å². The Bertz CT molecular complexity index is 507. The van der Waals surface area contributed by atoms with Crippen molar-refractivity contribution in [1.29, 1.82) is 0 Å². The van der Waals surface area contributed by atoms with E-state index >= 15 is 0 Å². The second kappa shape index (κ2) is 11.2. The molecule has 0 bridgehead atoms. The summed E-state index contributed by atoms with van der Waals surface area (Å²) in [6.45, 7) is 1.90. The van der Waals surface area contributed by atoms with Gasteiger partial charge in [-0.3, -0.25) is 9.11 Å². The fourth-order valence-corrected chi connectivity index (χ4v) is 3.67. The van der Waals surface area contributed by atoms with Crippen molar-refractivity contribution in [2.75, 3.05) is 0 Å². The minimum absolute atomic E-state index is 0.499. The lowest BCUT2D eigenvalue weighted by Gasteiger charge is -2.12. The Morgan fingerprint density at radius 2 is 1.41 bits per heavy atom. The Morgan fingerprint density at radius 3 is 1.91 bits per heavy atom. The van der Waals surface area contributed by atoms with Gasteiger partial charge in [-0.1, -0.05) is 51.5 Å². The predicted molar refractivity (Wildman–Crippen MR) is 87.9 cm³/mol. The normalized spacial score (nSPS) is 14.5. The Labute approximate surface area is 134 Å². The van der Waals surface area contributed by atoms with Gasteiger partial charge in [0.05, 0.1) is 10.7 Å². The van der Waals surface area contributed by atoms with Crippen molar-refractivity contribution in [3.8, 4) is 0 Å². The van der Waals surface area contributed by atoms with Crippen LogP contribution < -0.4 is 0 Å². The van der Waals surface area contributed by atoms with Crippen LogP contribution in [0.4, 0.5) is 0 Å². The second-order valence-electron chi connectivity index (χ2n) is 5.51. The van der Waals surface area contributed by atoms with Crippen molar-refractivity contribution >= 4 is 20.2 Å². The summed E-state index contributed by atoms with van der Waals surface area (Å²) in [7, 11) is -7.93. The van der Waals surface area contributed by atoms with Crippen LogP contribution in [0.5, 0.6) is 0 Å². The zero-order valence-electron chi connectivity index (χ0n) is 13.1. The van der Waals surface area contributed by atoms with Crippen LogP contribution in [0.1, 0.15) is 71.1 Å². The van der Waals surface area contributed by atoms with Gasteiger partial charge in [0, 0.05) is 0 Å². The molecule has 0 saturated heterocycles. The first kappa shape index (κ1) is 21.6. The second-order valence-corrected chi connectivity index (χ2v) is 8.51. The lowest BCUT2D eigenvalue weighted by molar-refractivity contribution is 0.448. The fourth-order valence-electron chi connectivity index (χ4n) is 2.30. The first-order chi connectivity index (χ1) is 10.2. The van der Waals surface area contributed by atoms with E-state index in [1.54, 1.807) is 0 Å². The lowest BCUT2D eigenvalue weighted by Crippen LogP contribution is -2.20. The quantitative estimate of drug-likeness (QED) is 0.386. The molecule has 22 heavy (non-hydrogen) atoms. The van der Waals surface area contributed by atoms with Crippen molar-refractivity contribution in [3.63, 3.8) is 0 Å². The third kappa shape index (κ3) is 13.2. The van der Waals surface area contributed by atoms with Crippen LogP contribution >= 0.6 is 0 Å². The standard InChI is InChI=1S/C14H28O6S2/c1-2-11-14(22(18,19)20)12-9-7-5-3-4-6-8-10-13-21(15,16)17/h10,13-14H,2-9,11-12H2,1H3,(H,15,16,17)(H,18,19,20)/b13-10+. The van der Waals surface area contributed by atoms with Gasteiger partial charge in [-0.25, -0.2) is 0 Å². The summed E-state index contributed by atoms with van der Waals surface area (Å²) < 4.78 is 60.7. The van der Waals surface area contributed by atoms with Crippen LogP contribution in [-0.2, 0) is 20.2 Å². The molecule has 0 spiro atoms. The van der Waals surface area contributed by atoms with E-state index in [1.165, 1.54) is 6.08 Å². The van der Waals surface area contributed by atoms with Gasteiger partial charge >= 0.3 is 0 Å². The molecule has 0 rings (SSSR count). The SMILES string of the molecule is CCCC(CCCCCCCC/C=C/S(=O)(=O)O)S(=O)(=O)O. The van der Waals surface area contributed by atoms with Gasteiger partial charge in [-0.15, -0.1) is 0 Å². The third-order valence-corrected chi connectivity index (χ3v) is 5.30. The maximum Gasteiger partial charge on any atom is 0.287 e. The monoisotopic (exact) mass is 356 g/mol. The van der Waals surface area contributed by atoms with Gasteiger partial charge in [-0.05, 0) is 25.7 Å². The summed E-state index contributed by atoms with van der Waals surface area (Å²) in [5.41, 5.74) is 0. The highest BCUT2D eigenvalue weighted by molar-refractivity contribution is 7.88. The number of unbranched alkanes of at least 4 members (excludes halogenated alkanes) is 6. The topological polar surface area (TPSA) is 109 Å². The number of hydrogen-bond donors (Lipinski definition) is 2. The summed E-state index contributed by atoms with van der Waals surface area (Å²) in [4.78, 5) is 0. The summed E-state index contributed by atoms with van der Waals surface area (Å²) in [6, 6.07) is 0. The lowest BCUT2D eigenvalue weighted by atomic mass is 10.1. The molecule has 0 amide bonds. The molecule has 0 aromatic carbocycles. The molecule has 8 heteroatoms. The summed E-state index contributed by atoms with van der Waals surface area (Å²) in [5.74, 6) is 0. The third-order valence-electron chi connectivity index (χ3n) is 3.45. The largest absolute Gasteiger partial charge is 0.287 e. The zero-order valence-corrected chi connectivity index (χ0v) is 14.8. The molecule has 0 saturated carbocycles. The van der Waals surface area contributed by atoms with Crippen LogP contribution in [0.3, 0.4) is 0 Å². The minimum atomic E-state index is -4.00. The number of rotatable bonds is 13. The van der Waals surface area contributed by atoms with Crippen molar-refractivity contribution < 1.29 is 25.9 Å². The number of allylic oxidation sites excluding steroid dienone is 1. The molecule has 0 aromatic heterocycles. The molecule has 6 nitrogen and oxygen atoms in total. The van der Waals surface area contributed by atoms with Gasteiger partial charge in [0.2, 0.25) is 0 Å². The minimum Gasteiger partial charge on any atom is -0.285 e. The van der Waals surface area contributed by atoms with Gasteiger partial charge in [-0.2, -0.15) is 16.8 Å². The van der Waals surface area contributed by atoms with Crippen LogP contribution in [0.15, 0.2) is 11.5 Å². The van der Waals surface area contributed by atoms with E-state index in [2.05, 4.69) is 0 Å². The molecule has 132 valence electrons.